The van der Waals surface area contributed by atoms with Crippen LogP contribution in [0.25, 0.3) is 11.2 Å². The third-order valence-corrected chi connectivity index (χ3v) is 5.80. The van der Waals surface area contributed by atoms with Gasteiger partial charge in [0.1, 0.15) is 11.8 Å². The van der Waals surface area contributed by atoms with Crippen LogP contribution in [0, 0.1) is 5.92 Å². The molecule has 1 unspecified atom stereocenters. The third kappa shape index (κ3) is 4.09. The van der Waals surface area contributed by atoms with E-state index in [2.05, 4.69) is 15.0 Å². The van der Waals surface area contributed by atoms with Gasteiger partial charge in [-0.15, -0.1) is 11.8 Å². The first-order valence-corrected chi connectivity index (χ1v) is 10.8. The summed E-state index contributed by atoms with van der Waals surface area (Å²) in [7, 11) is 0. The molecule has 0 radical (unpaired) electrons. The normalized spacial score (nSPS) is 16.4. The summed E-state index contributed by atoms with van der Waals surface area (Å²) in [4.78, 5) is 39.9. The molecule has 0 saturated carbocycles. The molecule has 3 heterocycles. The fourth-order valence-corrected chi connectivity index (χ4v) is 3.87. The predicted molar refractivity (Wildman–Crippen MR) is 114 cm³/mol. The third-order valence-electron chi connectivity index (χ3n) is 5.06. The fourth-order valence-electron chi connectivity index (χ4n) is 3.47. The van der Waals surface area contributed by atoms with E-state index in [1.807, 2.05) is 35.1 Å². The van der Waals surface area contributed by atoms with Crippen molar-refractivity contribution in [3.8, 4) is 0 Å². The largest absolute Gasteiger partial charge is 0.465 e. The number of imidazole rings is 1. The van der Waals surface area contributed by atoms with Gasteiger partial charge in [0.05, 0.1) is 18.9 Å². The smallest absolute Gasteiger partial charge is 0.311 e. The van der Waals surface area contributed by atoms with E-state index in [1.54, 1.807) is 23.0 Å². The van der Waals surface area contributed by atoms with E-state index in [4.69, 9.17) is 10.5 Å². The molecule has 9 nitrogen and oxygen atoms in total. The van der Waals surface area contributed by atoms with Crippen molar-refractivity contribution >= 4 is 46.3 Å². The number of nitrogen functional groups attached to an aromatic ring is 1. The predicted octanol–water partition coefficient (Wildman–Crippen LogP) is 2.12. The highest BCUT2D eigenvalue weighted by molar-refractivity contribution is 7.98. The second kappa shape index (κ2) is 8.70. The Morgan fingerprint density at radius 2 is 2.07 bits per heavy atom. The maximum Gasteiger partial charge on any atom is 0.311 e. The molecule has 10 heteroatoms. The van der Waals surface area contributed by atoms with Crippen molar-refractivity contribution in [2.75, 3.05) is 30.0 Å². The lowest BCUT2D eigenvalue weighted by molar-refractivity contribution is -0.148. The monoisotopic (exact) mass is 426 g/mol. The average Bonchev–Trinajstić information content (AvgIpc) is 3.36. The number of anilines is 2. The van der Waals surface area contributed by atoms with Gasteiger partial charge in [0.15, 0.2) is 11.5 Å². The molecule has 1 aliphatic rings. The standard InChI is InChI=1S/C20H22N6O3S/c1-30-15-5-3-14(4-6-15)26-10-13(9-16(26)27)20(28)29-8-2-7-25-12-24-17-18(21)22-11-23-19(17)25/h3-6,11-13H,2,7-10H2,1H3,(H2,21,22,23). The number of hydrogen-bond donors (Lipinski definition) is 1. The molecule has 1 aromatic carbocycles. The number of aryl methyl sites for hydroxylation is 1. The fraction of sp³-hybridized carbons (Fsp3) is 0.350. The Balaban J connectivity index is 1.28. The molecule has 4 rings (SSSR count). The number of hydrogen-bond acceptors (Lipinski definition) is 8. The Kier molecular flexibility index (Phi) is 5.84. The number of carbonyl (C=O) groups is 2. The van der Waals surface area contributed by atoms with Crippen LogP contribution >= 0.6 is 11.8 Å². The molecule has 0 aliphatic carbocycles. The highest BCUT2D eigenvalue weighted by Gasteiger charge is 2.36. The Morgan fingerprint density at radius 3 is 2.83 bits per heavy atom. The molecule has 2 N–H and O–H groups in total. The summed E-state index contributed by atoms with van der Waals surface area (Å²) in [5.74, 6) is -0.507. The highest BCUT2D eigenvalue weighted by atomic mass is 32.2. The first-order chi connectivity index (χ1) is 14.6. The number of benzene rings is 1. The number of rotatable bonds is 7. The SMILES string of the molecule is CSc1ccc(N2CC(C(=O)OCCCn3cnc4c(N)ncnc43)CC2=O)cc1. The minimum Gasteiger partial charge on any atom is -0.465 e. The minimum absolute atomic E-state index is 0.0593. The van der Waals surface area contributed by atoms with Gasteiger partial charge >= 0.3 is 5.97 Å². The van der Waals surface area contributed by atoms with Crippen molar-refractivity contribution in [2.24, 2.45) is 5.92 Å². The molecular weight excluding hydrogens is 404 g/mol. The number of nitrogens with zero attached hydrogens (tertiary/aromatic N) is 5. The van der Waals surface area contributed by atoms with Crippen LogP contribution in [0.1, 0.15) is 12.8 Å². The lowest BCUT2D eigenvalue weighted by atomic mass is 10.1. The molecular formula is C20H22N6O3S. The van der Waals surface area contributed by atoms with Gasteiger partial charge in [-0.3, -0.25) is 9.59 Å². The molecule has 0 bridgehead atoms. The van der Waals surface area contributed by atoms with Crippen LogP contribution in [0.3, 0.4) is 0 Å². The Bertz CT molecular complexity index is 1070. The van der Waals surface area contributed by atoms with Gasteiger partial charge in [0.25, 0.3) is 0 Å². The maximum atomic E-state index is 12.4. The summed E-state index contributed by atoms with van der Waals surface area (Å²) in [5, 5.41) is 0. The van der Waals surface area contributed by atoms with Crippen molar-refractivity contribution in [1.82, 2.24) is 19.5 Å². The van der Waals surface area contributed by atoms with E-state index in [-0.39, 0.29) is 24.9 Å². The summed E-state index contributed by atoms with van der Waals surface area (Å²) >= 11 is 1.64. The van der Waals surface area contributed by atoms with Gasteiger partial charge in [-0.05, 0) is 36.9 Å². The van der Waals surface area contributed by atoms with Crippen LogP contribution in [0.5, 0.6) is 0 Å². The van der Waals surface area contributed by atoms with Crippen molar-refractivity contribution in [3.63, 3.8) is 0 Å². The molecule has 1 aliphatic heterocycles. The van der Waals surface area contributed by atoms with E-state index in [0.29, 0.717) is 36.5 Å². The van der Waals surface area contributed by atoms with E-state index in [0.717, 1.165) is 10.6 Å². The number of esters is 1. The molecule has 156 valence electrons. The Labute approximate surface area is 177 Å². The Morgan fingerprint density at radius 1 is 1.27 bits per heavy atom. The number of ether oxygens (including phenoxy) is 1. The van der Waals surface area contributed by atoms with E-state index >= 15 is 0 Å². The number of amides is 1. The molecule has 1 saturated heterocycles. The molecule has 1 amide bonds. The highest BCUT2D eigenvalue weighted by Crippen LogP contribution is 2.27. The van der Waals surface area contributed by atoms with Gasteiger partial charge < -0.3 is 19.9 Å². The quantitative estimate of drug-likeness (QED) is 0.347. The van der Waals surface area contributed by atoms with Gasteiger partial charge in [0, 0.05) is 30.1 Å². The van der Waals surface area contributed by atoms with Gasteiger partial charge in [-0.1, -0.05) is 0 Å². The van der Waals surface area contributed by atoms with Crippen molar-refractivity contribution < 1.29 is 14.3 Å². The summed E-state index contributed by atoms with van der Waals surface area (Å²) < 4.78 is 7.26. The average molecular weight is 427 g/mol. The summed E-state index contributed by atoms with van der Waals surface area (Å²) in [6.07, 6.45) is 5.81. The van der Waals surface area contributed by atoms with Gasteiger partial charge in [0.2, 0.25) is 5.91 Å². The number of carbonyl (C=O) groups excluding carboxylic acids is 2. The zero-order valence-corrected chi connectivity index (χ0v) is 17.3. The molecule has 3 aromatic rings. The first-order valence-electron chi connectivity index (χ1n) is 9.59. The van der Waals surface area contributed by atoms with Crippen LogP contribution in [0.2, 0.25) is 0 Å². The molecule has 0 spiro atoms. The summed E-state index contributed by atoms with van der Waals surface area (Å²) in [6.45, 7) is 1.18. The van der Waals surface area contributed by atoms with Crippen LogP contribution in [-0.4, -0.2) is 50.8 Å². The maximum absolute atomic E-state index is 12.4. The number of aromatic nitrogens is 4. The number of thioether (sulfide) groups is 1. The first kappa shape index (κ1) is 20.1. The molecule has 2 aromatic heterocycles. The number of fused-ring (bicyclic) bond motifs is 1. The van der Waals surface area contributed by atoms with Crippen LogP contribution in [0.15, 0.2) is 41.8 Å². The van der Waals surface area contributed by atoms with Crippen LogP contribution in [-0.2, 0) is 20.9 Å². The lowest BCUT2D eigenvalue weighted by Gasteiger charge is -2.17. The van der Waals surface area contributed by atoms with Gasteiger partial charge in [-0.25, -0.2) is 15.0 Å². The molecule has 1 atom stereocenters. The summed E-state index contributed by atoms with van der Waals surface area (Å²) in [5.41, 5.74) is 7.80. The molecule has 30 heavy (non-hydrogen) atoms. The molecule has 1 fully saturated rings. The Hall–Kier alpha value is -3.14. The summed E-state index contributed by atoms with van der Waals surface area (Å²) in [6, 6.07) is 7.75. The number of nitrogens with two attached hydrogens (primary N) is 1. The van der Waals surface area contributed by atoms with Crippen LogP contribution in [0.4, 0.5) is 11.5 Å². The van der Waals surface area contributed by atoms with E-state index in [1.165, 1.54) is 6.33 Å². The van der Waals surface area contributed by atoms with E-state index in [9.17, 15) is 9.59 Å². The van der Waals surface area contributed by atoms with Crippen molar-refractivity contribution in [1.29, 1.82) is 0 Å². The van der Waals surface area contributed by atoms with E-state index < -0.39 is 5.92 Å². The topological polar surface area (TPSA) is 116 Å². The second-order valence-corrected chi connectivity index (χ2v) is 7.87. The van der Waals surface area contributed by atoms with Crippen molar-refractivity contribution in [3.05, 3.63) is 36.9 Å². The minimum atomic E-state index is -0.445. The lowest BCUT2D eigenvalue weighted by Crippen LogP contribution is -2.26. The zero-order chi connectivity index (χ0) is 21.1. The van der Waals surface area contributed by atoms with Crippen molar-refractivity contribution in [2.45, 2.75) is 24.3 Å². The van der Waals surface area contributed by atoms with Gasteiger partial charge in [-0.2, -0.15) is 0 Å². The van der Waals surface area contributed by atoms with Crippen LogP contribution < -0.4 is 10.6 Å². The second-order valence-electron chi connectivity index (χ2n) is 6.99. The zero-order valence-electron chi connectivity index (χ0n) is 16.5.